The molecule has 0 aliphatic carbocycles. The van der Waals surface area contributed by atoms with Gasteiger partial charge in [0.05, 0.1) is 10.6 Å². The Labute approximate surface area is 97.6 Å². The Kier molecular flexibility index (Phi) is 3.21. The van der Waals surface area contributed by atoms with Gasteiger partial charge < -0.3 is 10.1 Å². The van der Waals surface area contributed by atoms with Crippen molar-refractivity contribution in [1.82, 2.24) is 9.97 Å². The molecule has 0 amide bonds. The molecule has 4 nitrogen and oxygen atoms in total. The lowest BCUT2D eigenvalue weighted by Gasteiger charge is -2.11. The summed E-state index contributed by atoms with van der Waals surface area (Å²) in [5.74, 6) is 1.58. The van der Waals surface area contributed by atoms with Crippen molar-refractivity contribution in [1.29, 1.82) is 0 Å². The largest absolute Gasteiger partial charge is 0.372 e. The van der Waals surface area contributed by atoms with Crippen LogP contribution in [0.5, 0.6) is 0 Å². The van der Waals surface area contributed by atoms with Crippen molar-refractivity contribution >= 4 is 21.7 Å². The van der Waals surface area contributed by atoms with Crippen molar-refractivity contribution in [3.05, 3.63) is 16.5 Å². The number of anilines is 1. The van der Waals surface area contributed by atoms with Gasteiger partial charge in [-0.05, 0) is 35.7 Å². The lowest BCUT2D eigenvalue weighted by molar-refractivity contribution is 0.0503. The highest BCUT2D eigenvalue weighted by Crippen LogP contribution is 2.31. The highest BCUT2D eigenvalue weighted by molar-refractivity contribution is 9.10. The first-order valence-corrected chi connectivity index (χ1v) is 5.85. The molecule has 82 valence electrons. The SMILES string of the molecule is CNc1nc(C2CCC(C)O2)ncc1Br. The molecular weight excluding hydrogens is 258 g/mol. The zero-order valence-electron chi connectivity index (χ0n) is 8.83. The molecule has 1 aromatic heterocycles. The molecule has 2 heterocycles. The zero-order chi connectivity index (χ0) is 10.8. The first kappa shape index (κ1) is 10.8. The molecule has 0 bridgehead atoms. The number of hydrogen-bond donors (Lipinski definition) is 1. The number of rotatable bonds is 2. The molecule has 5 heteroatoms. The lowest BCUT2D eigenvalue weighted by atomic mass is 10.2. The van der Waals surface area contributed by atoms with Gasteiger partial charge >= 0.3 is 0 Å². The fourth-order valence-corrected chi connectivity index (χ4v) is 2.09. The van der Waals surface area contributed by atoms with E-state index in [9.17, 15) is 0 Å². The summed E-state index contributed by atoms with van der Waals surface area (Å²) in [5, 5.41) is 3.02. The second-order valence-corrected chi connectivity index (χ2v) is 4.54. The summed E-state index contributed by atoms with van der Waals surface area (Å²) in [6.07, 6.45) is 4.23. The first-order valence-electron chi connectivity index (χ1n) is 5.06. The highest BCUT2D eigenvalue weighted by atomic mass is 79.9. The van der Waals surface area contributed by atoms with Gasteiger partial charge in [-0.15, -0.1) is 0 Å². The molecule has 0 aromatic carbocycles. The summed E-state index contributed by atoms with van der Waals surface area (Å²) in [7, 11) is 1.84. The van der Waals surface area contributed by atoms with Crippen molar-refractivity contribution in [3.8, 4) is 0 Å². The van der Waals surface area contributed by atoms with Gasteiger partial charge in [0.1, 0.15) is 11.9 Å². The summed E-state index contributed by atoms with van der Waals surface area (Å²) in [6, 6.07) is 0. The van der Waals surface area contributed by atoms with Crippen LogP contribution in [0.15, 0.2) is 10.7 Å². The van der Waals surface area contributed by atoms with E-state index in [4.69, 9.17) is 4.74 Å². The van der Waals surface area contributed by atoms with Crippen LogP contribution in [0.4, 0.5) is 5.82 Å². The molecule has 0 saturated carbocycles. The average Bonchev–Trinajstić information content (AvgIpc) is 2.66. The second-order valence-electron chi connectivity index (χ2n) is 3.69. The summed E-state index contributed by atoms with van der Waals surface area (Å²) in [4.78, 5) is 8.69. The van der Waals surface area contributed by atoms with Crippen molar-refractivity contribution in [2.45, 2.75) is 32.0 Å². The molecule has 1 aliphatic rings. The predicted molar refractivity (Wildman–Crippen MR) is 61.8 cm³/mol. The van der Waals surface area contributed by atoms with Crippen LogP contribution < -0.4 is 5.32 Å². The van der Waals surface area contributed by atoms with Crippen LogP contribution in [0.2, 0.25) is 0 Å². The van der Waals surface area contributed by atoms with E-state index < -0.39 is 0 Å². The summed E-state index contributed by atoms with van der Waals surface area (Å²) < 4.78 is 6.59. The van der Waals surface area contributed by atoms with Gasteiger partial charge in [0, 0.05) is 13.2 Å². The fourth-order valence-electron chi connectivity index (χ4n) is 1.70. The topological polar surface area (TPSA) is 47.0 Å². The van der Waals surface area contributed by atoms with E-state index >= 15 is 0 Å². The second kappa shape index (κ2) is 4.45. The minimum atomic E-state index is 0.0557. The average molecular weight is 272 g/mol. The Hall–Kier alpha value is -0.680. The Bertz CT molecular complexity index is 359. The van der Waals surface area contributed by atoms with E-state index in [1.54, 1.807) is 6.20 Å². The molecule has 2 atom stereocenters. The highest BCUT2D eigenvalue weighted by Gasteiger charge is 2.25. The van der Waals surface area contributed by atoms with Crippen LogP contribution in [0.25, 0.3) is 0 Å². The monoisotopic (exact) mass is 271 g/mol. The standard InChI is InChI=1S/C10H14BrN3O/c1-6-3-4-8(15-6)10-13-5-7(11)9(12-2)14-10/h5-6,8H,3-4H2,1-2H3,(H,12,13,14). The number of hydrogen-bond acceptors (Lipinski definition) is 4. The van der Waals surface area contributed by atoms with E-state index in [0.29, 0.717) is 6.10 Å². The van der Waals surface area contributed by atoms with E-state index in [1.165, 1.54) is 0 Å². The Balaban J connectivity index is 2.21. The molecule has 15 heavy (non-hydrogen) atoms. The summed E-state index contributed by atoms with van der Waals surface area (Å²) >= 11 is 3.38. The van der Waals surface area contributed by atoms with E-state index in [2.05, 4.69) is 38.1 Å². The van der Waals surface area contributed by atoms with Crippen molar-refractivity contribution in [2.24, 2.45) is 0 Å². The maximum atomic E-state index is 5.72. The van der Waals surface area contributed by atoms with Gasteiger partial charge in [-0.2, -0.15) is 0 Å². The molecule has 2 rings (SSSR count). The van der Waals surface area contributed by atoms with Crippen LogP contribution in [0.1, 0.15) is 31.7 Å². The molecule has 1 N–H and O–H groups in total. The number of nitrogens with zero attached hydrogens (tertiary/aromatic N) is 2. The van der Waals surface area contributed by atoms with Crippen molar-refractivity contribution in [3.63, 3.8) is 0 Å². The van der Waals surface area contributed by atoms with Crippen LogP contribution in [-0.2, 0) is 4.74 Å². The smallest absolute Gasteiger partial charge is 0.159 e. The molecule has 1 aromatic rings. The summed E-state index contributed by atoms with van der Waals surface area (Å²) in [5.41, 5.74) is 0. The van der Waals surface area contributed by atoms with Gasteiger partial charge in [-0.3, -0.25) is 0 Å². The Morgan fingerprint density at radius 2 is 2.33 bits per heavy atom. The minimum absolute atomic E-state index is 0.0557. The molecule has 1 saturated heterocycles. The van der Waals surface area contributed by atoms with Gasteiger partial charge in [-0.1, -0.05) is 0 Å². The number of ether oxygens (including phenoxy) is 1. The first-order chi connectivity index (χ1) is 7.20. The third kappa shape index (κ3) is 2.29. The van der Waals surface area contributed by atoms with Crippen molar-refractivity contribution in [2.75, 3.05) is 12.4 Å². The number of aromatic nitrogens is 2. The third-order valence-corrected chi connectivity index (χ3v) is 3.10. The quantitative estimate of drug-likeness (QED) is 0.898. The lowest BCUT2D eigenvalue weighted by Crippen LogP contribution is -2.07. The Morgan fingerprint density at radius 1 is 1.53 bits per heavy atom. The molecule has 2 unspecified atom stereocenters. The normalized spacial score (nSPS) is 25.5. The number of halogens is 1. The fraction of sp³-hybridized carbons (Fsp3) is 0.600. The maximum absolute atomic E-state index is 5.72. The number of nitrogens with one attached hydrogen (secondary N) is 1. The van der Waals surface area contributed by atoms with Gasteiger partial charge in [0.15, 0.2) is 5.82 Å². The zero-order valence-corrected chi connectivity index (χ0v) is 10.4. The molecule has 1 aliphatic heterocycles. The molecule has 0 spiro atoms. The predicted octanol–water partition coefficient (Wildman–Crippen LogP) is 2.52. The molecule has 0 radical (unpaired) electrons. The van der Waals surface area contributed by atoms with E-state index in [-0.39, 0.29) is 6.10 Å². The van der Waals surface area contributed by atoms with Gasteiger partial charge in [0.2, 0.25) is 0 Å². The van der Waals surface area contributed by atoms with Gasteiger partial charge in [-0.25, -0.2) is 9.97 Å². The summed E-state index contributed by atoms with van der Waals surface area (Å²) in [6.45, 7) is 2.08. The van der Waals surface area contributed by atoms with Gasteiger partial charge in [0.25, 0.3) is 0 Å². The van der Waals surface area contributed by atoms with Crippen LogP contribution in [-0.4, -0.2) is 23.1 Å². The van der Waals surface area contributed by atoms with Crippen LogP contribution in [0, 0.1) is 0 Å². The van der Waals surface area contributed by atoms with E-state index in [0.717, 1.165) is 29.0 Å². The van der Waals surface area contributed by atoms with Crippen molar-refractivity contribution < 1.29 is 4.74 Å². The third-order valence-electron chi connectivity index (χ3n) is 2.52. The molecular formula is C10H14BrN3O. The van der Waals surface area contributed by atoms with Crippen LogP contribution in [0.3, 0.4) is 0 Å². The molecule has 1 fully saturated rings. The minimum Gasteiger partial charge on any atom is -0.372 e. The van der Waals surface area contributed by atoms with E-state index in [1.807, 2.05) is 7.05 Å². The Morgan fingerprint density at radius 3 is 2.93 bits per heavy atom. The maximum Gasteiger partial charge on any atom is 0.159 e. The van der Waals surface area contributed by atoms with Crippen LogP contribution >= 0.6 is 15.9 Å².